The molecular formula is C22H24N4O4. The summed E-state index contributed by atoms with van der Waals surface area (Å²) in [6, 6.07) is 14.6. The zero-order valence-electron chi connectivity index (χ0n) is 16.5. The smallest absolute Gasteiger partial charge is 0.315 e. The maximum atomic E-state index is 12.8. The lowest BCUT2D eigenvalue weighted by atomic mass is 10.1. The molecule has 0 spiro atoms. The fraction of sp³-hybridized carbons (Fsp3) is 0.318. The molecule has 1 aliphatic heterocycles. The number of benzene rings is 1. The first-order valence-corrected chi connectivity index (χ1v) is 10.0. The molecule has 1 aliphatic rings. The minimum atomic E-state index is -0.811. The molecule has 0 radical (unpaired) electrons. The van der Waals surface area contributed by atoms with Crippen molar-refractivity contribution in [3.8, 4) is 0 Å². The number of carbonyl (C=O) groups is 2. The molecule has 156 valence electrons. The van der Waals surface area contributed by atoms with Gasteiger partial charge in [0.2, 0.25) is 0 Å². The van der Waals surface area contributed by atoms with Gasteiger partial charge < -0.3 is 19.7 Å². The molecule has 3 heterocycles. The van der Waals surface area contributed by atoms with E-state index in [2.05, 4.69) is 10.4 Å². The van der Waals surface area contributed by atoms with Gasteiger partial charge in [-0.15, -0.1) is 0 Å². The van der Waals surface area contributed by atoms with Crippen molar-refractivity contribution in [1.29, 1.82) is 0 Å². The SMILES string of the molecule is O=C(Nc1ccnn1Cc1ccccc1)C(=O)N1CCCC1CC(O)c1ccco1. The molecule has 2 unspecified atom stereocenters. The number of aliphatic hydroxyl groups excluding tert-OH is 1. The summed E-state index contributed by atoms with van der Waals surface area (Å²) in [5, 5.41) is 17.3. The van der Waals surface area contributed by atoms with Crippen LogP contribution in [-0.4, -0.2) is 44.2 Å². The van der Waals surface area contributed by atoms with Crippen molar-refractivity contribution in [2.24, 2.45) is 0 Å². The predicted octanol–water partition coefficient (Wildman–Crippen LogP) is 2.58. The average Bonchev–Trinajstić information content (AvgIpc) is 3.51. The number of carbonyl (C=O) groups excluding carboxylic acids is 2. The van der Waals surface area contributed by atoms with Crippen LogP contribution in [0.15, 0.2) is 65.4 Å². The van der Waals surface area contributed by atoms with Crippen molar-refractivity contribution >= 4 is 17.6 Å². The van der Waals surface area contributed by atoms with Gasteiger partial charge in [0.1, 0.15) is 17.7 Å². The summed E-state index contributed by atoms with van der Waals surface area (Å²) in [4.78, 5) is 27.0. The van der Waals surface area contributed by atoms with E-state index in [1.54, 1.807) is 34.0 Å². The van der Waals surface area contributed by atoms with Gasteiger partial charge in [0.15, 0.2) is 0 Å². The van der Waals surface area contributed by atoms with E-state index in [0.717, 1.165) is 18.4 Å². The Morgan fingerprint density at radius 2 is 2.03 bits per heavy atom. The predicted molar refractivity (Wildman–Crippen MR) is 109 cm³/mol. The Morgan fingerprint density at radius 3 is 2.80 bits per heavy atom. The molecule has 1 aromatic carbocycles. The second-order valence-electron chi connectivity index (χ2n) is 7.38. The third kappa shape index (κ3) is 4.44. The average molecular weight is 408 g/mol. The molecular weight excluding hydrogens is 384 g/mol. The summed E-state index contributed by atoms with van der Waals surface area (Å²) in [5.41, 5.74) is 1.04. The van der Waals surface area contributed by atoms with Crippen molar-refractivity contribution < 1.29 is 19.1 Å². The van der Waals surface area contributed by atoms with Crippen LogP contribution in [0.5, 0.6) is 0 Å². The fourth-order valence-electron chi connectivity index (χ4n) is 3.82. The lowest BCUT2D eigenvalue weighted by Gasteiger charge is -2.25. The lowest BCUT2D eigenvalue weighted by Crippen LogP contribution is -2.43. The van der Waals surface area contributed by atoms with E-state index < -0.39 is 17.9 Å². The van der Waals surface area contributed by atoms with E-state index in [1.165, 1.54) is 6.26 Å². The maximum Gasteiger partial charge on any atom is 0.315 e. The molecule has 2 N–H and O–H groups in total. The summed E-state index contributed by atoms with van der Waals surface area (Å²) < 4.78 is 6.88. The summed E-state index contributed by atoms with van der Waals surface area (Å²) in [6.07, 6.45) is 4.14. The number of hydrogen-bond acceptors (Lipinski definition) is 5. The minimum Gasteiger partial charge on any atom is -0.467 e. The Kier molecular flexibility index (Phi) is 5.94. The van der Waals surface area contributed by atoms with Gasteiger partial charge in [-0.2, -0.15) is 5.10 Å². The Morgan fingerprint density at radius 1 is 1.20 bits per heavy atom. The Labute approximate surface area is 174 Å². The van der Waals surface area contributed by atoms with Crippen LogP contribution in [0.2, 0.25) is 0 Å². The summed E-state index contributed by atoms with van der Waals surface area (Å²) in [6.45, 7) is 0.977. The van der Waals surface area contributed by atoms with Crippen molar-refractivity contribution in [3.63, 3.8) is 0 Å². The van der Waals surface area contributed by atoms with Gasteiger partial charge in [-0.3, -0.25) is 9.59 Å². The van der Waals surface area contributed by atoms with Gasteiger partial charge in [0, 0.05) is 25.1 Å². The fourth-order valence-corrected chi connectivity index (χ4v) is 3.82. The van der Waals surface area contributed by atoms with Crippen LogP contribution in [0.4, 0.5) is 5.82 Å². The molecule has 4 rings (SSSR count). The van der Waals surface area contributed by atoms with E-state index in [0.29, 0.717) is 31.1 Å². The standard InChI is InChI=1S/C22H24N4O4/c27-18(19-9-5-13-30-19)14-17-8-4-12-25(17)22(29)21(28)24-20-10-11-23-26(20)15-16-6-2-1-3-7-16/h1-3,5-7,9-11,13,17-18,27H,4,8,12,14-15H2,(H,24,28). The van der Waals surface area contributed by atoms with Gasteiger partial charge in [-0.25, -0.2) is 4.68 Å². The Bertz CT molecular complexity index is 984. The van der Waals surface area contributed by atoms with Crippen LogP contribution in [-0.2, 0) is 16.1 Å². The Hall–Kier alpha value is -3.39. The normalized spacial score (nSPS) is 17.1. The number of furan rings is 1. The molecule has 2 atom stereocenters. The van der Waals surface area contributed by atoms with E-state index in [-0.39, 0.29) is 6.04 Å². The summed E-state index contributed by atoms with van der Waals surface area (Å²) in [5.74, 6) is -0.382. The molecule has 0 saturated carbocycles. The molecule has 30 heavy (non-hydrogen) atoms. The van der Waals surface area contributed by atoms with Gasteiger partial charge in [-0.05, 0) is 30.5 Å². The first-order valence-electron chi connectivity index (χ1n) is 10.0. The number of hydrogen-bond donors (Lipinski definition) is 2. The molecule has 3 aromatic rings. The number of nitrogens with zero attached hydrogens (tertiary/aromatic N) is 3. The topological polar surface area (TPSA) is 101 Å². The van der Waals surface area contributed by atoms with Crippen LogP contribution in [0.25, 0.3) is 0 Å². The number of aliphatic hydroxyl groups is 1. The van der Waals surface area contributed by atoms with E-state index in [4.69, 9.17) is 4.42 Å². The molecule has 1 saturated heterocycles. The van der Waals surface area contributed by atoms with Crippen LogP contribution in [0.3, 0.4) is 0 Å². The second kappa shape index (κ2) is 8.96. The monoisotopic (exact) mass is 408 g/mol. The zero-order valence-corrected chi connectivity index (χ0v) is 16.5. The Balaban J connectivity index is 1.39. The first-order chi connectivity index (χ1) is 14.6. The van der Waals surface area contributed by atoms with Crippen LogP contribution < -0.4 is 5.32 Å². The van der Waals surface area contributed by atoms with E-state index >= 15 is 0 Å². The summed E-state index contributed by atoms with van der Waals surface area (Å²) >= 11 is 0. The highest BCUT2D eigenvalue weighted by Gasteiger charge is 2.34. The highest BCUT2D eigenvalue weighted by molar-refractivity contribution is 6.39. The summed E-state index contributed by atoms with van der Waals surface area (Å²) in [7, 11) is 0. The zero-order chi connectivity index (χ0) is 20.9. The van der Waals surface area contributed by atoms with E-state index in [1.807, 2.05) is 30.3 Å². The van der Waals surface area contributed by atoms with Crippen LogP contribution >= 0.6 is 0 Å². The minimum absolute atomic E-state index is 0.211. The van der Waals surface area contributed by atoms with Crippen molar-refractivity contribution in [2.45, 2.75) is 38.0 Å². The molecule has 8 nitrogen and oxygen atoms in total. The lowest BCUT2D eigenvalue weighted by molar-refractivity contribution is -0.144. The molecule has 8 heteroatoms. The van der Waals surface area contributed by atoms with E-state index in [9.17, 15) is 14.7 Å². The highest BCUT2D eigenvalue weighted by Crippen LogP contribution is 2.28. The quantitative estimate of drug-likeness (QED) is 0.611. The maximum absolute atomic E-state index is 12.8. The number of likely N-dealkylation sites (tertiary alicyclic amines) is 1. The van der Waals surface area contributed by atoms with Crippen molar-refractivity contribution in [1.82, 2.24) is 14.7 Å². The number of aromatic nitrogens is 2. The molecule has 0 bridgehead atoms. The van der Waals surface area contributed by atoms with Gasteiger partial charge in [0.05, 0.1) is 19.0 Å². The van der Waals surface area contributed by atoms with Gasteiger partial charge >= 0.3 is 11.8 Å². The van der Waals surface area contributed by atoms with Crippen molar-refractivity contribution in [2.75, 3.05) is 11.9 Å². The molecule has 2 amide bonds. The molecule has 0 aliphatic carbocycles. The number of nitrogens with one attached hydrogen (secondary N) is 1. The number of rotatable bonds is 6. The highest BCUT2D eigenvalue weighted by atomic mass is 16.4. The largest absolute Gasteiger partial charge is 0.467 e. The van der Waals surface area contributed by atoms with Gasteiger partial charge in [0.25, 0.3) is 0 Å². The van der Waals surface area contributed by atoms with Gasteiger partial charge in [-0.1, -0.05) is 30.3 Å². The first kappa shape index (κ1) is 19.9. The molecule has 1 fully saturated rings. The third-order valence-corrected chi connectivity index (χ3v) is 5.33. The molecule has 2 aromatic heterocycles. The van der Waals surface area contributed by atoms with Crippen LogP contribution in [0.1, 0.15) is 36.7 Å². The second-order valence-corrected chi connectivity index (χ2v) is 7.38. The number of amides is 2. The van der Waals surface area contributed by atoms with Crippen molar-refractivity contribution in [3.05, 3.63) is 72.3 Å². The third-order valence-electron chi connectivity index (χ3n) is 5.33. The number of anilines is 1. The van der Waals surface area contributed by atoms with Crippen LogP contribution in [0, 0.1) is 0 Å².